The number of benzene rings is 1. The zero-order valence-electron chi connectivity index (χ0n) is 17.9. The summed E-state index contributed by atoms with van der Waals surface area (Å²) in [4.78, 5) is 15.9. The van der Waals surface area contributed by atoms with E-state index in [-0.39, 0.29) is 24.1 Å². The van der Waals surface area contributed by atoms with Gasteiger partial charge in [0.15, 0.2) is 9.84 Å². The molecule has 5 rings (SSSR count). The van der Waals surface area contributed by atoms with Crippen LogP contribution >= 0.6 is 0 Å². The molecule has 0 unspecified atom stereocenters. The Morgan fingerprint density at radius 2 is 2.00 bits per heavy atom. The number of carbonyl (C=O) groups excluding carboxylic acids is 1. The second-order valence-corrected chi connectivity index (χ2v) is 11.0. The predicted octanol–water partition coefficient (Wildman–Crippen LogP) is 2.65. The molecule has 0 aliphatic carbocycles. The Balaban J connectivity index is 1.34. The molecule has 4 heterocycles. The van der Waals surface area contributed by atoms with E-state index in [0.717, 1.165) is 36.3 Å². The minimum Gasteiger partial charge on any atom is -0.330 e. The Morgan fingerprint density at radius 3 is 2.75 bits per heavy atom. The molecule has 32 heavy (non-hydrogen) atoms. The summed E-state index contributed by atoms with van der Waals surface area (Å²) in [5.41, 5.74) is 3.05. The number of aryl methyl sites for hydroxylation is 1. The van der Waals surface area contributed by atoms with Gasteiger partial charge in [-0.1, -0.05) is 18.2 Å². The number of amides is 1. The van der Waals surface area contributed by atoms with Gasteiger partial charge in [-0.2, -0.15) is 5.10 Å². The predicted molar refractivity (Wildman–Crippen MR) is 114 cm³/mol. The van der Waals surface area contributed by atoms with E-state index in [0.29, 0.717) is 23.5 Å². The highest BCUT2D eigenvalue weighted by molar-refractivity contribution is 7.90. The number of hydrogen-bond donors (Lipinski definition) is 0. The van der Waals surface area contributed by atoms with Crippen molar-refractivity contribution < 1.29 is 22.0 Å². The molecule has 0 bridgehead atoms. The summed E-state index contributed by atoms with van der Waals surface area (Å²) < 4.78 is 53.6. The van der Waals surface area contributed by atoms with Crippen molar-refractivity contribution in [2.75, 3.05) is 32.7 Å². The first-order valence-electron chi connectivity index (χ1n) is 10.9. The number of likely N-dealkylation sites (tertiary alicyclic amines) is 2. The molecule has 172 valence electrons. The number of sulfone groups is 1. The lowest BCUT2D eigenvalue weighted by Crippen LogP contribution is -2.58. The monoisotopic (exact) mass is 464 g/mol. The van der Waals surface area contributed by atoms with Crippen LogP contribution in [0.5, 0.6) is 0 Å². The normalized spacial score (nSPS) is 23.8. The van der Waals surface area contributed by atoms with Crippen molar-refractivity contribution in [1.29, 1.82) is 0 Å². The molecule has 1 atom stereocenters. The summed E-state index contributed by atoms with van der Waals surface area (Å²) in [6.45, 7) is 2.94. The summed E-state index contributed by atoms with van der Waals surface area (Å²) in [5, 5.41) is 4.74. The molecule has 2 aromatic rings. The van der Waals surface area contributed by atoms with Crippen LogP contribution in [-0.2, 0) is 20.4 Å². The molecule has 1 aromatic heterocycles. The van der Waals surface area contributed by atoms with Crippen molar-refractivity contribution in [3.8, 4) is 11.3 Å². The van der Waals surface area contributed by atoms with Gasteiger partial charge in [0.25, 0.3) is 5.92 Å². The zero-order valence-corrected chi connectivity index (χ0v) is 18.7. The summed E-state index contributed by atoms with van der Waals surface area (Å²) in [6, 6.07) is 7.13. The van der Waals surface area contributed by atoms with Gasteiger partial charge in [-0.3, -0.25) is 9.48 Å². The molecule has 0 saturated carbocycles. The van der Waals surface area contributed by atoms with E-state index < -0.39 is 28.8 Å². The van der Waals surface area contributed by atoms with Crippen LogP contribution in [0.3, 0.4) is 0 Å². The first-order valence-corrected chi connectivity index (χ1v) is 12.6. The number of halogens is 2. The lowest BCUT2D eigenvalue weighted by Gasteiger charge is -2.39. The van der Waals surface area contributed by atoms with Crippen LogP contribution in [-0.4, -0.2) is 72.6 Å². The molecule has 2 saturated heterocycles. The maximum Gasteiger partial charge on any atom is 0.282 e. The number of aromatic nitrogens is 2. The Morgan fingerprint density at radius 1 is 1.25 bits per heavy atom. The van der Waals surface area contributed by atoms with E-state index in [1.807, 2.05) is 23.7 Å². The number of hydrogen-bond acceptors (Lipinski definition) is 5. The highest BCUT2D eigenvalue weighted by Crippen LogP contribution is 2.41. The standard InChI is InChI=1S/C22H26F2N4O3S/c1-15-18-12-32(30,31)19-7-3-2-6-17(19)21(18)28(25-15)16-5-4-9-26(11-16)10-8-20(29)27-13-22(23,24)14-27/h2-3,6-7,16H,4-5,8-14H2,1H3/t16-/m0/s1. The maximum atomic E-state index is 13.0. The Bertz CT molecular complexity index is 1170. The van der Waals surface area contributed by atoms with Gasteiger partial charge in [-0.05, 0) is 32.4 Å². The molecule has 10 heteroatoms. The summed E-state index contributed by atoms with van der Waals surface area (Å²) in [7, 11) is -3.40. The van der Waals surface area contributed by atoms with Crippen molar-refractivity contribution in [3.05, 3.63) is 35.5 Å². The number of piperidine rings is 1. The molecular weight excluding hydrogens is 438 g/mol. The molecule has 3 aliphatic heterocycles. The molecule has 3 aliphatic rings. The average Bonchev–Trinajstić information content (AvgIpc) is 3.06. The van der Waals surface area contributed by atoms with Gasteiger partial charge >= 0.3 is 0 Å². The molecule has 0 radical (unpaired) electrons. The van der Waals surface area contributed by atoms with Gasteiger partial charge in [0.2, 0.25) is 5.91 Å². The Hall–Kier alpha value is -2.33. The van der Waals surface area contributed by atoms with E-state index in [1.165, 1.54) is 4.90 Å². The van der Waals surface area contributed by atoms with Gasteiger partial charge in [0.1, 0.15) is 0 Å². The van der Waals surface area contributed by atoms with Crippen molar-refractivity contribution in [2.45, 2.75) is 48.8 Å². The summed E-state index contributed by atoms with van der Waals surface area (Å²) in [5.74, 6) is -3.02. The molecule has 7 nitrogen and oxygen atoms in total. The van der Waals surface area contributed by atoms with Gasteiger partial charge in [-0.15, -0.1) is 0 Å². The second-order valence-electron chi connectivity index (χ2n) is 9.06. The number of nitrogens with zero attached hydrogens (tertiary/aromatic N) is 4. The van der Waals surface area contributed by atoms with Crippen molar-refractivity contribution in [3.63, 3.8) is 0 Å². The number of alkyl halides is 2. The van der Waals surface area contributed by atoms with Crippen molar-refractivity contribution in [1.82, 2.24) is 19.6 Å². The molecule has 0 spiro atoms. The van der Waals surface area contributed by atoms with Crippen LogP contribution in [0.25, 0.3) is 11.3 Å². The van der Waals surface area contributed by atoms with Crippen molar-refractivity contribution in [2.24, 2.45) is 0 Å². The number of rotatable bonds is 4. The maximum absolute atomic E-state index is 13.0. The van der Waals surface area contributed by atoms with Crippen LogP contribution in [0.2, 0.25) is 0 Å². The molecule has 0 N–H and O–H groups in total. The van der Waals surface area contributed by atoms with E-state index in [9.17, 15) is 22.0 Å². The van der Waals surface area contributed by atoms with Gasteiger partial charge in [-0.25, -0.2) is 17.2 Å². The smallest absolute Gasteiger partial charge is 0.282 e. The largest absolute Gasteiger partial charge is 0.330 e. The third-order valence-corrected chi connectivity index (χ3v) is 8.38. The quantitative estimate of drug-likeness (QED) is 0.696. The fourth-order valence-corrected chi connectivity index (χ4v) is 6.71. The van der Waals surface area contributed by atoms with Crippen LogP contribution in [0, 0.1) is 6.92 Å². The van der Waals surface area contributed by atoms with Gasteiger partial charge in [0.05, 0.1) is 41.2 Å². The highest BCUT2D eigenvalue weighted by atomic mass is 32.2. The first kappa shape index (κ1) is 21.5. The minimum atomic E-state index is -3.40. The Kier molecular flexibility index (Phi) is 5.12. The molecule has 2 fully saturated rings. The third-order valence-electron chi connectivity index (χ3n) is 6.69. The van der Waals surface area contributed by atoms with E-state index in [2.05, 4.69) is 4.90 Å². The fourth-order valence-electron chi connectivity index (χ4n) is 5.04. The Labute approximate surface area is 185 Å². The highest BCUT2D eigenvalue weighted by Gasteiger charge is 2.46. The van der Waals surface area contributed by atoms with Crippen LogP contribution in [0.15, 0.2) is 29.2 Å². The second kappa shape index (κ2) is 7.62. The molecule has 1 aromatic carbocycles. The van der Waals surface area contributed by atoms with Crippen LogP contribution in [0.4, 0.5) is 8.78 Å². The average molecular weight is 465 g/mol. The molecular formula is C22H26F2N4O3S. The summed E-state index contributed by atoms with van der Waals surface area (Å²) >= 11 is 0. The lowest BCUT2D eigenvalue weighted by atomic mass is 10.0. The van der Waals surface area contributed by atoms with E-state index >= 15 is 0 Å². The topological polar surface area (TPSA) is 75.5 Å². The van der Waals surface area contributed by atoms with Crippen LogP contribution in [0.1, 0.15) is 36.6 Å². The van der Waals surface area contributed by atoms with Gasteiger partial charge < -0.3 is 9.80 Å². The van der Waals surface area contributed by atoms with Gasteiger partial charge in [0, 0.05) is 30.6 Å². The number of fused-ring (bicyclic) bond motifs is 3. The van der Waals surface area contributed by atoms with E-state index in [1.54, 1.807) is 12.1 Å². The summed E-state index contributed by atoms with van der Waals surface area (Å²) in [6.07, 6.45) is 2.06. The fraction of sp³-hybridized carbons (Fsp3) is 0.545. The zero-order chi connectivity index (χ0) is 22.7. The third kappa shape index (κ3) is 3.73. The molecule has 1 amide bonds. The SMILES string of the molecule is Cc1nn([C@H]2CCCN(CCC(=O)N3CC(F)(F)C3)C2)c2c1CS(=O)(=O)c1ccccc1-2. The first-order chi connectivity index (χ1) is 15.1. The van der Waals surface area contributed by atoms with Crippen LogP contribution < -0.4 is 0 Å². The lowest BCUT2D eigenvalue weighted by molar-refractivity contribution is -0.166. The van der Waals surface area contributed by atoms with E-state index in [4.69, 9.17) is 5.10 Å². The van der Waals surface area contributed by atoms with Crippen molar-refractivity contribution >= 4 is 15.7 Å². The minimum absolute atomic E-state index is 0.0451. The number of carbonyl (C=O) groups is 1.